The van der Waals surface area contributed by atoms with E-state index in [2.05, 4.69) is 5.32 Å². The van der Waals surface area contributed by atoms with Gasteiger partial charge in [0.2, 0.25) is 0 Å². The number of hydroxylamine groups is 2. The van der Waals surface area contributed by atoms with Crippen molar-refractivity contribution in [2.45, 2.75) is 31.9 Å². The van der Waals surface area contributed by atoms with Crippen LogP contribution in [0, 0.1) is 0 Å². The van der Waals surface area contributed by atoms with E-state index < -0.39 is 29.9 Å². The van der Waals surface area contributed by atoms with Crippen molar-refractivity contribution in [2.75, 3.05) is 0 Å². The van der Waals surface area contributed by atoms with Crippen LogP contribution in [0.3, 0.4) is 0 Å². The maximum Gasteiger partial charge on any atom is 0.408 e. The van der Waals surface area contributed by atoms with Crippen molar-refractivity contribution in [1.82, 2.24) is 10.4 Å². The van der Waals surface area contributed by atoms with Gasteiger partial charge in [0.15, 0.2) is 0 Å². The van der Waals surface area contributed by atoms with Crippen molar-refractivity contribution in [3.05, 3.63) is 71.8 Å². The molecule has 1 heterocycles. The second-order valence-electron chi connectivity index (χ2n) is 6.44. The van der Waals surface area contributed by atoms with Crippen LogP contribution in [-0.4, -0.2) is 35.0 Å². The minimum atomic E-state index is -1.14. The van der Waals surface area contributed by atoms with Gasteiger partial charge in [-0.15, -0.1) is 5.06 Å². The Morgan fingerprint density at radius 3 is 2.03 bits per heavy atom. The molecule has 0 bridgehead atoms. The Balaban J connectivity index is 1.65. The first kappa shape index (κ1) is 20.1. The molecule has 29 heavy (non-hydrogen) atoms. The summed E-state index contributed by atoms with van der Waals surface area (Å²) >= 11 is 0. The Morgan fingerprint density at radius 1 is 0.897 bits per heavy atom. The molecule has 1 saturated heterocycles. The fraction of sp³-hybridized carbons (Fsp3) is 0.238. The highest BCUT2D eigenvalue weighted by Gasteiger charge is 2.35. The summed E-state index contributed by atoms with van der Waals surface area (Å²) in [6, 6.07) is 16.9. The van der Waals surface area contributed by atoms with Crippen molar-refractivity contribution in [1.29, 1.82) is 0 Å². The summed E-state index contributed by atoms with van der Waals surface area (Å²) in [4.78, 5) is 53.1. The first-order chi connectivity index (χ1) is 14.0. The molecule has 0 radical (unpaired) electrons. The molecular weight excluding hydrogens is 376 g/mol. The molecule has 3 amide bonds. The van der Waals surface area contributed by atoms with Gasteiger partial charge in [-0.3, -0.25) is 9.59 Å². The van der Waals surface area contributed by atoms with Gasteiger partial charge in [-0.1, -0.05) is 60.7 Å². The van der Waals surface area contributed by atoms with Crippen LogP contribution in [0.5, 0.6) is 0 Å². The van der Waals surface area contributed by atoms with Crippen LogP contribution in [0.1, 0.15) is 24.0 Å². The third-order valence-electron chi connectivity index (χ3n) is 4.26. The van der Waals surface area contributed by atoms with Crippen LogP contribution >= 0.6 is 0 Å². The number of carbonyl (C=O) groups excluding carboxylic acids is 4. The van der Waals surface area contributed by atoms with Crippen LogP contribution in [0.4, 0.5) is 4.79 Å². The molecular formula is C21H20N2O6. The fourth-order valence-electron chi connectivity index (χ4n) is 2.76. The number of benzene rings is 2. The Kier molecular flexibility index (Phi) is 6.57. The maximum atomic E-state index is 12.6. The van der Waals surface area contributed by atoms with E-state index in [0.29, 0.717) is 5.06 Å². The highest BCUT2D eigenvalue weighted by Crippen LogP contribution is 2.14. The molecule has 0 unspecified atom stereocenters. The zero-order chi connectivity index (χ0) is 20.6. The van der Waals surface area contributed by atoms with Crippen molar-refractivity contribution >= 4 is 23.9 Å². The third-order valence-corrected chi connectivity index (χ3v) is 4.26. The van der Waals surface area contributed by atoms with Gasteiger partial charge in [0.1, 0.15) is 12.6 Å². The summed E-state index contributed by atoms with van der Waals surface area (Å²) in [5.41, 5.74) is 1.55. The molecule has 0 aliphatic carbocycles. The summed E-state index contributed by atoms with van der Waals surface area (Å²) in [7, 11) is 0. The number of hydrogen-bond donors (Lipinski definition) is 1. The molecule has 2 aromatic rings. The zero-order valence-corrected chi connectivity index (χ0v) is 15.6. The molecule has 0 spiro atoms. The number of hydrogen-bond acceptors (Lipinski definition) is 6. The molecule has 0 saturated carbocycles. The number of imide groups is 1. The molecule has 1 aliphatic rings. The standard InChI is InChI=1S/C21H20N2O6/c24-18-11-12-19(25)23(18)29-20(26)17(13-15-7-3-1-4-8-15)22-21(27)28-14-16-9-5-2-6-10-16/h1-10,17H,11-14H2,(H,22,27)/t17-/m1/s1. The summed E-state index contributed by atoms with van der Waals surface area (Å²) in [5, 5.41) is 2.91. The largest absolute Gasteiger partial charge is 0.445 e. The Morgan fingerprint density at radius 2 is 1.45 bits per heavy atom. The number of alkyl carbamates (subject to hydrolysis) is 1. The number of carbonyl (C=O) groups is 4. The van der Waals surface area contributed by atoms with E-state index in [0.717, 1.165) is 11.1 Å². The SMILES string of the molecule is O=C(N[C@H](Cc1ccccc1)C(=O)ON1C(=O)CCC1=O)OCc1ccccc1. The maximum absolute atomic E-state index is 12.6. The quantitative estimate of drug-likeness (QED) is 0.720. The van der Waals surface area contributed by atoms with Crippen LogP contribution in [0.15, 0.2) is 60.7 Å². The van der Waals surface area contributed by atoms with Gasteiger partial charge < -0.3 is 14.9 Å². The minimum absolute atomic E-state index is 0.0119. The Bertz CT molecular complexity index is 869. The van der Waals surface area contributed by atoms with Crippen molar-refractivity contribution in [3.8, 4) is 0 Å². The van der Waals surface area contributed by atoms with Gasteiger partial charge >= 0.3 is 12.1 Å². The van der Waals surface area contributed by atoms with Crippen LogP contribution in [0.2, 0.25) is 0 Å². The van der Waals surface area contributed by atoms with E-state index in [9.17, 15) is 19.2 Å². The summed E-state index contributed by atoms with van der Waals surface area (Å²) < 4.78 is 5.15. The van der Waals surface area contributed by atoms with Crippen molar-refractivity contribution in [2.24, 2.45) is 0 Å². The summed E-state index contributed by atoms with van der Waals surface area (Å²) in [5.74, 6) is -2.10. The van der Waals surface area contributed by atoms with E-state index in [1.807, 2.05) is 24.3 Å². The highest BCUT2D eigenvalue weighted by molar-refractivity contribution is 6.01. The normalized spacial score (nSPS) is 14.4. The number of ether oxygens (including phenoxy) is 1. The molecule has 3 rings (SSSR count). The van der Waals surface area contributed by atoms with Crippen LogP contribution in [-0.2, 0) is 37.0 Å². The van der Waals surface area contributed by atoms with Gasteiger partial charge in [0.25, 0.3) is 11.8 Å². The molecule has 150 valence electrons. The molecule has 2 aromatic carbocycles. The third kappa shape index (κ3) is 5.65. The Hall–Kier alpha value is -3.68. The fourth-order valence-corrected chi connectivity index (χ4v) is 2.76. The number of nitrogens with one attached hydrogen (secondary N) is 1. The topological polar surface area (TPSA) is 102 Å². The second-order valence-corrected chi connectivity index (χ2v) is 6.44. The lowest BCUT2D eigenvalue weighted by molar-refractivity contribution is -0.198. The van der Waals surface area contributed by atoms with E-state index in [1.54, 1.807) is 36.4 Å². The van der Waals surface area contributed by atoms with Gasteiger partial charge in [-0.05, 0) is 11.1 Å². The predicted octanol–water partition coefficient (Wildman–Crippen LogP) is 2.13. The molecule has 8 heteroatoms. The van der Waals surface area contributed by atoms with Crippen LogP contribution in [0.25, 0.3) is 0 Å². The zero-order valence-electron chi connectivity index (χ0n) is 15.6. The number of nitrogens with zero attached hydrogens (tertiary/aromatic N) is 1. The second kappa shape index (κ2) is 9.50. The molecule has 1 atom stereocenters. The van der Waals surface area contributed by atoms with Crippen molar-refractivity contribution < 1.29 is 28.8 Å². The molecule has 1 fully saturated rings. The highest BCUT2D eigenvalue weighted by atomic mass is 16.7. The van der Waals surface area contributed by atoms with Gasteiger partial charge in [0.05, 0.1) is 0 Å². The van der Waals surface area contributed by atoms with E-state index in [-0.39, 0.29) is 25.9 Å². The van der Waals surface area contributed by atoms with Gasteiger partial charge in [0, 0.05) is 19.3 Å². The van der Waals surface area contributed by atoms with E-state index in [1.165, 1.54) is 0 Å². The monoisotopic (exact) mass is 396 g/mol. The average molecular weight is 396 g/mol. The summed E-state index contributed by atoms with van der Waals surface area (Å²) in [6.45, 7) is 0.0306. The number of rotatable bonds is 7. The van der Waals surface area contributed by atoms with Gasteiger partial charge in [-0.25, -0.2) is 9.59 Å². The lowest BCUT2D eigenvalue weighted by Gasteiger charge is -2.20. The van der Waals surface area contributed by atoms with Crippen LogP contribution < -0.4 is 5.32 Å². The average Bonchev–Trinajstić information content (AvgIpc) is 3.05. The lowest BCUT2D eigenvalue weighted by Crippen LogP contribution is -2.46. The van der Waals surface area contributed by atoms with Crippen molar-refractivity contribution in [3.63, 3.8) is 0 Å². The smallest absolute Gasteiger partial charge is 0.408 e. The molecule has 1 aliphatic heterocycles. The summed E-state index contributed by atoms with van der Waals surface area (Å²) in [6.07, 6.45) is -0.730. The van der Waals surface area contributed by atoms with Gasteiger partial charge in [-0.2, -0.15) is 0 Å². The van der Waals surface area contributed by atoms with E-state index >= 15 is 0 Å². The lowest BCUT2D eigenvalue weighted by atomic mass is 10.1. The predicted molar refractivity (Wildman–Crippen MR) is 101 cm³/mol. The molecule has 0 aromatic heterocycles. The molecule has 1 N–H and O–H groups in total. The molecule has 8 nitrogen and oxygen atoms in total. The number of amides is 3. The Labute approximate surface area is 167 Å². The minimum Gasteiger partial charge on any atom is -0.445 e. The van der Waals surface area contributed by atoms with E-state index in [4.69, 9.17) is 9.57 Å². The first-order valence-corrected chi connectivity index (χ1v) is 9.11. The first-order valence-electron chi connectivity index (χ1n) is 9.11.